The van der Waals surface area contributed by atoms with Crippen molar-refractivity contribution in [2.24, 2.45) is 5.92 Å². The highest BCUT2D eigenvalue weighted by Gasteiger charge is 2.35. The molecule has 7 atom stereocenters. The fourth-order valence-corrected chi connectivity index (χ4v) is 6.67. The highest BCUT2D eigenvalue weighted by molar-refractivity contribution is 5.83. The number of esters is 1. The van der Waals surface area contributed by atoms with E-state index in [0.29, 0.717) is 25.7 Å². The minimum atomic E-state index is -0.608. The highest BCUT2D eigenvalue weighted by Crippen LogP contribution is 2.29. The van der Waals surface area contributed by atoms with Gasteiger partial charge in [-0.05, 0) is 64.7 Å². The molecule has 2 heterocycles. The maximum Gasteiger partial charge on any atom is 0.309 e. The van der Waals surface area contributed by atoms with Crippen LogP contribution in [-0.2, 0) is 19.1 Å². The number of cyclic esters (lactones) is 1. The van der Waals surface area contributed by atoms with Crippen molar-refractivity contribution in [1.82, 2.24) is 0 Å². The van der Waals surface area contributed by atoms with Crippen LogP contribution in [0.1, 0.15) is 168 Å². The van der Waals surface area contributed by atoms with Crippen LogP contribution in [0.25, 0.3) is 0 Å². The molecule has 3 N–H and O–H groups in total. The topological polar surface area (TPSA) is 113 Å². The first kappa shape index (κ1) is 37.2. The predicted molar refractivity (Wildman–Crippen MR) is 167 cm³/mol. The third-order valence-electron chi connectivity index (χ3n) is 9.35. The summed E-state index contributed by atoms with van der Waals surface area (Å²) in [6, 6.07) is 0. The number of hydrogen-bond donors (Lipinski definition) is 3. The number of aliphatic hydroxyl groups excluding tert-OH is 3. The number of Topliss-reactive ketones (excluding diaryl/α,β-unsaturated/α-hetero) is 1. The Labute approximate surface area is 256 Å². The summed E-state index contributed by atoms with van der Waals surface area (Å²) in [5.41, 5.74) is 0. The molecule has 0 aromatic rings. The molecule has 0 saturated carbocycles. The smallest absolute Gasteiger partial charge is 0.309 e. The van der Waals surface area contributed by atoms with Crippen molar-refractivity contribution in [3.63, 3.8) is 0 Å². The van der Waals surface area contributed by atoms with Gasteiger partial charge in [0.15, 0.2) is 0 Å². The number of carbonyl (C=O) groups excluding carboxylic acids is 2. The van der Waals surface area contributed by atoms with E-state index in [2.05, 4.69) is 6.92 Å². The fraction of sp³-hybridized carbons (Fsp3) is 0.943. The molecule has 1 unspecified atom stereocenters. The molecule has 2 aliphatic rings. The van der Waals surface area contributed by atoms with Crippen LogP contribution in [-0.4, -0.2) is 63.7 Å². The van der Waals surface area contributed by atoms with Gasteiger partial charge in [0.25, 0.3) is 0 Å². The van der Waals surface area contributed by atoms with Crippen molar-refractivity contribution < 1.29 is 34.4 Å². The van der Waals surface area contributed by atoms with Gasteiger partial charge in [0.2, 0.25) is 0 Å². The number of rotatable bonds is 26. The summed E-state index contributed by atoms with van der Waals surface area (Å²) >= 11 is 0. The fourth-order valence-electron chi connectivity index (χ4n) is 6.67. The van der Waals surface area contributed by atoms with Crippen LogP contribution < -0.4 is 0 Å². The Morgan fingerprint density at radius 1 is 0.738 bits per heavy atom. The largest absolute Gasteiger partial charge is 0.462 e. The highest BCUT2D eigenvalue weighted by atomic mass is 16.6. The molecule has 42 heavy (non-hydrogen) atoms. The van der Waals surface area contributed by atoms with Crippen molar-refractivity contribution in [3.8, 4) is 0 Å². The van der Waals surface area contributed by atoms with Crippen LogP contribution in [0, 0.1) is 5.92 Å². The summed E-state index contributed by atoms with van der Waals surface area (Å²) in [5.74, 6) is -0.489. The molecule has 0 aromatic heterocycles. The van der Waals surface area contributed by atoms with Crippen molar-refractivity contribution in [2.45, 2.75) is 205 Å². The Morgan fingerprint density at radius 2 is 1.26 bits per heavy atom. The molecule has 0 bridgehead atoms. The van der Waals surface area contributed by atoms with Gasteiger partial charge in [-0.1, -0.05) is 96.8 Å². The second-order valence-electron chi connectivity index (χ2n) is 13.4. The number of aliphatic hydroxyl groups is 3. The number of ketones is 1. The van der Waals surface area contributed by atoms with E-state index in [4.69, 9.17) is 9.47 Å². The Kier molecular flexibility index (Phi) is 19.9. The van der Waals surface area contributed by atoms with Gasteiger partial charge in [0.05, 0.1) is 36.4 Å². The van der Waals surface area contributed by atoms with Crippen LogP contribution in [0.3, 0.4) is 0 Å². The van der Waals surface area contributed by atoms with Gasteiger partial charge >= 0.3 is 5.97 Å². The van der Waals surface area contributed by atoms with Gasteiger partial charge in [-0.15, -0.1) is 0 Å². The summed E-state index contributed by atoms with van der Waals surface area (Å²) in [5, 5.41) is 31.6. The lowest BCUT2D eigenvalue weighted by Gasteiger charge is -2.23. The SMILES string of the molecule is CCCCCCCCCCCCCC[C@H](O)[C@H]1CC[C@H]([C@H](O)CC[C@H](O)CCCCC[C@@H]2CC(CC(C)=O)C(=O)O2)O1. The molecule has 246 valence electrons. The van der Waals surface area contributed by atoms with Crippen molar-refractivity contribution >= 4 is 11.8 Å². The van der Waals surface area contributed by atoms with Crippen molar-refractivity contribution in [3.05, 3.63) is 0 Å². The molecule has 0 aliphatic carbocycles. The average molecular weight is 597 g/mol. The lowest BCUT2D eigenvalue weighted by atomic mass is 9.96. The minimum Gasteiger partial charge on any atom is -0.462 e. The second-order valence-corrected chi connectivity index (χ2v) is 13.4. The number of unbranched alkanes of at least 4 members (excludes halogenated alkanes) is 13. The van der Waals surface area contributed by atoms with Crippen LogP contribution in [0.2, 0.25) is 0 Å². The van der Waals surface area contributed by atoms with Gasteiger partial charge in [-0.25, -0.2) is 0 Å². The molecule has 0 aromatic carbocycles. The summed E-state index contributed by atoms with van der Waals surface area (Å²) in [4.78, 5) is 23.1. The summed E-state index contributed by atoms with van der Waals surface area (Å²) < 4.78 is 11.4. The predicted octanol–water partition coefficient (Wildman–Crippen LogP) is 7.35. The van der Waals surface area contributed by atoms with E-state index in [9.17, 15) is 24.9 Å². The average Bonchev–Trinajstić information content (AvgIpc) is 3.59. The van der Waals surface area contributed by atoms with Gasteiger partial charge in [-0.3, -0.25) is 4.79 Å². The van der Waals surface area contributed by atoms with Crippen LogP contribution >= 0.6 is 0 Å². The normalized spacial score (nSPS) is 24.5. The van der Waals surface area contributed by atoms with Crippen molar-refractivity contribution in [2.75, 3.05) is 0 Å². The van der Waals surface area contributed by atoms with Gasteiger partial charge < -0.3 is 29.6 Å². The molecule has 2 fully saturated rings. The Hall–Kier alpha value is -1.02. The first-order valence-electron chi connectivity index (χ1n) is 17.7. The molecule has 2 rings (SSSR count). The molecule has 2 aliphatic heterocycles. The monoisotopic (exact) mass is 596 g/mol. The number of ether oxygens (including phenoxy) is 2. The van der Waals surface area contributed by atoms with E-state index in [1.165, 1.54) is 77.6 Å². The molecule has 0 amide bonds. The van der Waals surface area contributed by atoms with E-state index < -0.39 is 18.3 Å². The molecule has 7 nitrogen and oxygen atoms in total. The van der Waals surface area contributed by atoms with Crippen molar-refractivity contribution in [1.29, 1.82) is 0 Å². The van der Waals surface area contributed by atoms with Gasteiger partial charge in [-0.2, -0.15) is 0 Å². The third kappa shape index (κ3) is 16.2. The van der Waals surface area contributed by atoms with Crippen LogP contribution in [0.5, 0.6) is 0 Å². The minimum absolute atomic E-state index is 0.0265. The molecule has 0 spiro atoms. The zero-order valence-corrected chi connectivity index (χ0v) is 27.0. The maximum atomic E-state index is 11.8. The second kappa shape index (κ2) is 22.5. The molecular formula is C35H64O7. The third-order valence-corrected chi connectivity index (χ3v) is 9.35. The standard InChI is InChI=1S/C35H64O7/c1-3-4-5-6-7-8-9-10-11-12-13-17-20-31(38)33-23-24-34(42-33)32(39)22-21-29(37)18-15-14-16-19-30-26-28(25-27(2)36)35(40)41-30/h28-34,37-39H,3-26H2,1-2H3/t28?,29-,30-,31+,32-,33-,34-/m1/s1. The summed E-state index contributed by atoms with van der Waals surface area (Å²) in [7, 11) is 0. The van der Waals surface area contributed by atoms with E-state index in [-0.39, 0.29) is 42.4 Å². The maximum absolute atomic E-state index is 11.8. The van der Waals surface area contributed by atoms with E-state index in [1.54, 1.807) is 0 Å². The molecule has 0 radical (unpaired) electrons. The first-order chi connectivity index (χ1) is 20.3. The number of hydrogen-bond acceptors (Lipinski definition) is 7. The van der Waals surface area contributed by atoms with E-state index in [1.807, 2.05) is 0 Å². The Balaban J connectivity index is 1.43. The first-order valence-corrected chi connectivity index (χ1v) is 17.7. The lowest BCUT2D eigenvalue weighted by molar-refractivity contribution is -0.145. The van der Waals surface area contributed by atoms with E-state index in [0.717, 1.165) is 51.4 Å². The zero-order valence-electron chi connectivity index (χ0n) is 27.0. The van der Waals surface area contributed by atoms with E-state index >= 15 is 0 Å². The quantitative estimate of drug-likeness (QED) is 0.0707. The van der Waals surface area contributed by atoms with Crippen LogP contribution in [0.4, 0.5) is 0 Å². The van der Waals surface area contributed by atoms with Gasteiger partial charge in [0.1, 0.15) is 11.9 Å². The molecule has 2 saturated heterocycles. The molecule has 7 heteroatoms. The summed E-state index contributed by atoms with van der Waals surface area (Å²) in [6.07, 6.45) is 22.2. The Bertz CT molecular complexity index is 713. The zero-order chi connectivity index (χ0) is 30.6. The van der Waals surface area contributed by atoms with Crippen LogP contribution in [0.15, 0.2) is 0 Å². The number of carbonyl (C=O) groups is 2. The van der Waals surface area contributed by atoms with Gasteiger partial charge in [0, 0.05) is 6.42 Å². The Morgan fingerprint density at radius 3 is 1.86 bits per heavy atom. The molecular weight excluding hydrogens is 532 g/mol. The lowest BCUT2D eigenvalue weighted by Crippen LogP contribution is -2.31. The summed E-state index contributed by atoms with van der Waals surface area (Å²) in [6.45, 7) is 3.77.